The molecule has 5 heteroatoms. The lowest BCUT2D eigenvalue weighted by molar-refractivity contribution is 0.316. The van der Waals surface area contributed by atoms with Gasteiger partial charge in [0.15, 0.2) is 0 Å². The standard InChI is InChI=1S/C3H3N3O2/c4-1-3(6-8)2-5-7/h2,7-8H/b5-2-,6-3-. The largest absolute Gasteiger partial charge is 0.411 e. The summed E-state index contributed by atoms with van der Waals surface area (Å²) in [6, 6.07) is 1.44. The molecule has 42 valence electrons. The van der Waals surface area contributed by atoms with E-state index in [-0.39, 0.29) is 5.71 Å². The van der Waals surface area contributed by atoms with Crippen molar-refractivity contribution < 1.29 is 10.4 Å². The summed E-state index contributed by atoms with van der Waals surface area (Å²) in [6.45, 7) is 0. The molecule has 0 aliphatic rings. The molecule has 8 heavy (non-hydrogen) atoms. The Hall–Kier alpha value is -1.57. The molecule has 0 aliphatic carbocycles. The lowest BCUT2D eigenvalue weighted by Gasteiger charge is -1.74. The number of rotatable bonds is 1. The second-order valence-electron chi connectivity index (χ2n) is 0.842. The maximum atomic E-state index is 7.91. The summed E-state index contributed by atoms with van der Waals surface area (Å²) >= 11 is 0. The van der Waals surface area contributed by atoms with Gasteiger partial charge in [0.25, 0.3) is 0 Å². The summed E-state index contributed by atoms with van der Waals surface area (Å²) in [5.41, 5.74) is -0.340. The molecule has 0 aromatic heterocycles. The summed E-state index contributed by atoms with van der Waals surface area (Å²) in [4.78, 5) is 0. The summed E-state index contributed by atoms with van der Waals surface area (Å²) in [6.07, 6.45) is 0.722. The number of hydrogen-bond donors (Lipinski definition) is 2. The zero-order valence-electron chi connectivity index (χ0n) is 3.81. The topological polar surface area (TPSA) is 89.0 Å². The van der Waals surface area contributed by atoms with E-state index in [4.69, 9.17) is 15.7 Å². The van der Waals surface area contributed by atoms with Crippen LogP contribution in [0.25, 0.3) is 0 Å². The zero-order valence-corrected chi connectivity index (χ0v) is 3.81. The van der Waals surface area contributed by atoms with E-state index in [0.717, 1.165) is 6.21 Å². The molecule has 2 N–H and O–H groups in total. The highest BCUT2D eigenvalue weighted by Crippen LogP contribution is 1.65. The minimum absolute atomic E-state index is 0.340. The van der Waals surface area contributed by atoms with Gasteiger partial charge in [0.2, 0.25) is 5.71 Å². The Morgan fingerprint density at radius 2 is 2.25 bits per heavy atom. The molecule has 0 aromatic rings. The van der Waals surface area contributed by atoms with Gasteiger partial charge in [0.05, 0.1) is 0 Å². The first-order chi connectivity index (χ1) is 3.85. The van der Waals surface area contributed by atoms with Crippen molar-refractivity contribution in [1.29, 1.82) is 5.26 Å². The van der Waals surface area contributed by atoms with E-state index in [9.17, 15) is 0 Å². The van der Waals surface area contributed by atoms with E-state index >= 15 is 0 Å². The Labute approximate surface area is 45.1 Å². The second kappa shape index (κ2) is 3.61. The van der Waals surface area contributed by atoms with Crippen molar-refractivity contribution >= 4 is 11.9 Å². The third kappa shape index (κ3) is 1.77. The maximum absolute atomic E-state index is 7.91. The van der Waals surface area contributed by atoms with Gasteiger partial charge in [0.1, 0.15) is 12.3 Å². The van der Waals surface area contributed by atoms with Gasteiger partial charge in [-0.2, -0.15) is 5.26 Å². The number of hydrogen-bond acceptors (Lipinski definition) is 5. The predicted molar refractivity (Wildman–Crippen MR) is 25.1 cm³/mol. The quantitative estimate of drug-likeness (QED) is 0.280. The van der Waals surface area contributed by atoms with Gasteiger partial charge in [-0.25, -0.2) is 0 Å². The van der Waals surface area contributed by atoms with Crippen molar-refractivity contribution in [3.8, 4) is 6.07 Å². The molecule has 0 saturated carbocycles. The second-order valence-corrected chi connectivity index (χ2v) is 0.842. The van der Waals surface area contributed by atoms with Crippen LogP contribution >= 0.6 is 0 Å². The summed E-state index contributed by atoms with van der Waals surface area (Å²) in [5.74, 6) is 0. The maximum Gasteiger partial charge on any atom is 0.201 e. The van der Waals surface area contributed by atoms with Crippen LogP contribution in [-0.4, -0.2) is 22.3 Å². The molecule has 0 unspecified atom stereocenters. The van der Waals surface area contributed by atoms with Crippen LogP contribution in [0.1, 0.15) is 0 Å². The molecule has 0 amide bonds. The Kier molecular flexibility index (Phi) is 2.90. The minimum Gasteiger partial charge on any atom is -0.411 e. The lowest BCUT2D eigenvalue weighted by atomic mass is 10.5. The highest BCUT2D eigenvalue weighted by atomic mass is 16.4. The Morgan fingerprint density at radius 3 is 2.38 bits per heavy atom. The highest BCUT2D eigenvalue weighted by Gasteiger charge is 1.87. The summed E-state index contributed by atoms with van der Waals surface area (Å²) in [7, 11) is 0. The van der Waals surface area contributed by atoms with Crippen LogP contribution in [0.4, 0.5) is 0 Å². The molecule has 0 bridgehead atoms. The first-order valence-electron chi connectivity index (χ1n) is 1.64. The minimum atomic E-state index is -0.340. The molecule has 0 saturated heterocycles. The van der Waals surface area contributed by atoms with Crippen molar-refractivity contribution in [2.75, 3.05) is 0 Å². The molecular formula is C3H3N3O2. The van der Waals surface area contributed by atoms with E-state index < -0.39 is 0 Å². The first-order valence-corrected chi connectivity index (χ1v) is 1.64. The fraction of sp³-hybridized carbons (Fsp3) is 0. The molecule has 0 radical (unpaired) electrons. The molecule has 0 fully saturated rings. The average molecular weight is 113 g/mol. The van der Waals surface area contributed by atoms with Gasteiger partial charge in [-0.05, 0) is 0 Å². The van der Waals surface area contributed by atoms with Gasteiger partial charge >= 0.3 is 0 Å². The average Bonchev–Trinajstić information content (AvgIpc) is 1.83. The van der Waals surface area contributed by atoms with Gasteiger partial charge < -0.3 is 10.4 Å². The van der Waals surface area contributed by atoms with E-state index in [0.29, 0.717) is 0 Å². The van der Waals surface area contributed by atoms with Crippen LogP contribution < -0.4 is 0 Å². The van der Waals surface area contributed by atoms with Crippen LogP contribution in [0.15, 0.2) is 10.3 Å². The molecule has 0 aromatic carbocycles. The number of nitriles is 1. The third-order valence-corrected chi connectivity index (χ3v) is 0.402. The van der Waals surface area contributed by atoms with E-state index in [1.54, 1.807) is 0 Å². The van der Waals surface area contributed by atoms with Gasteiger partial charge in [-0.1, -0.05) is 10.3 Å². The molecule has 0 rings (SSSR count). The molecule has 0 spiro atoms. The highest BCUT2D eigenvalue weighted by molar-refractivity contribution is 6.37. The fourth-order valence-corrected chi connectivity index (χ4v) is 0.132. The van der Waals surface area contributed by atoms with Crippen LogP contribution in [-0.2, 0) is 0 Å². The summed E-state index contributed by atoms with van der Waals surface area (Å²) < 4.78 is 0. The van der Waals surface area contributed by atoms with E-state index in [2.05, 4.69) is 10.3 Å². The van der Waals surface area contributed by atoms with Gasteiger partial charge in [0, 0.05) is 0 Å². The number of nitrogens with zero attached hydrogens (tertiary/aromatic N) is 3. The van der Waals surface area contributed by atoms with Crippen LogP contribution in [0.5, 0.6) is 0 Å². The Balaban J connectivity index is 3.98. The van der Waals surface area contributed by atoms with Gasteiger partial charge in [-0.3, -0.25) is 0 Å². The van der Waals surface area contributed by atoms with Crippen molar-refractivity contribution in [2.24, 2.45) is 10.3 Å². The number of oxime groups is 2. The predicted octanol–water partition coefficient (Wildman–Crippen LogP) is -0.200. The normalized spacial score (nSPS) is 11.6. The lowest BCUT2D eigenvalue weighted by Crippen LogP contribution is -1.93. The molecule has 0 atom stereocenters. The molecule has 0 aliphatic heterocycles. The molecule has 0 heterocycles. The van der Waals surface area contributed by atoms with Crippen LogP contribution in [0.2, 0.25) is 0 Å². The van der Waals surface area contributed by atoms with Crippen molar-refractivity contribution in [2.45, 2.75) is 0 Å². The Bertz CT molecular complexity index is 154. The van der Waals surface area contributed by atoms with Crippen molar-refractivity contribution in [3.05, 3.63) is 0 Å². The monoisotopic (exact) mass is 113 g/mol. The SMILES string of the molecule is N#CC(/C=N\O)=N/O. The fourth-order valence-electron chi connectivity index (χ4n) is 0.132. The van der Waals surface area contributed by atoms with Crippen molar-refractivity contribution in [1.82, 2.24) is 0 Å². The van der Waals surface area contributed by atoms with Crippen molar-refractivity contribution in [3.63, 3.8) is 0 Å². The summed E-state index contributed by atoms with van der Waals surface area (Å²) in [5, 5.41) is 28.3. The van der Waals surface area contributed by atoms with Crippen LogP contribution in [0.3, 0.4) is 0 Å². The third-order valence-electron chi connectivity index (χ3n) is 0.402. The zero-order chi connectivity index (χ0) is 6.41. The van der Waals surface area contributed by atoms with Gasteiger partial charge in [-0.15, -0.1) is 0 Å². The first kappa shape index (κ1) is 6.43. The molecular weight excluding hydrogens is 110 g/mol. The van der Waals surface area contributed by atoms with Crippen LogP contribution in [0, 0.1) is 11.3 Å². The molecule has 5 nitrogen and oxygen atoms in total. The van der Waals surface area contributed by atoms with E-state index in [1.807, 2.05) is 0 Å². The Morgan fingerprint density at radius 1 is 1.62 bits per heavy atom. The van der Waals surface area contributed by atoms with E-state index in [1.165, 1.54) is 6.07 Å². The smallest absolute Gasteiger partial charge is 0.201 e.